The summed E-state index contributed by atoms with van der Waals surface area (Å²) in [7, 11) is 1.62. The van der Waals surface area contributed by atoms with Crippen LogP contribution in [0.2, 0.25) is 10.0 Å². The molecular weight excluding hydrogens is 577 g/mol. The number of anilines is 1. The number of halogens is 2. The Morgan fingerprint density at radius 1 is 1.02 bits per heavy atom. The molecule has 0 aromatic heterocycles. The highest BCUT2D eigenvalue weighted by Crippen LogP contribution is 2.40. The highest BCUT2D eigenvalue weighted by atomic mass is 35.5. The van der Waals surface area contributed by atoms with Crippen molar-refractivity contribution in [1.82, 2.24) is 20.8 Å². The van der Waals surface area contributed by atoms with E-state index in [0.717, 1.165) is 60.5 Å². The first kappa shape index (κ1) is 30.2. The van der Waals surface area contributed by atoms with Crippen LogP contribution >= 0.6 is 23.2 Å². The maximum atomic E-state index is 13.8. The standard InChI is InChI=1S/C31H37Cl2N5O4/c1-31(2,3)42-30(40)36-18-21(16-20-8-11-23(41-4)12-9-20)28-24(19-36)27(29(39)35-37-14-6-5-7-15-37)34-38(28)26-13-10-22(32)17-25(26)33/h8-13,16-17,27,34H,5-7,14-15,18-19H2,1-4H3,(H,35,39)/b21-16+. The van der Waals surface area contributed by atoms with E-state index in [1.54, 1.807) is 24.1 Å². The molecule has 224 valence electrons. The molecule has 2 aromatic carbocycles. The van der Waals surface area contributed by atoms with E-state index >= 15 is 0 Å². The highest BCUT2D eigenvalue weighted by molar-refractivity contribution is 6.36. The number of hydrogen-bond donors (Lipinski definition) is 2. The number of methoxy groups -OCH3 is 1. The molecule has 9 nitrogen and oxygen atoms in total. The first-order valence-corrected chi connectivity index (χ1v) is 14.9. The van der Waals surface area contributed by atoms with E-state index in [1.165, 1.54) is 0 Å². The lowest BCUT2D eigenvalue weighted by Crippen LogP contribution is -2.54. The van der Waals surface area contributed by atoms with Crippen LogP contribution in [-0.4, -0.2) is 66.8 Å². The number of hydrazine groups is 2. The molecule has 1 atom stereocenters. The van der Waals surface area contributed by atoms with Crippen LogP contribution in [-0.2, 0) is 9.53 Å². The summed E-state index contributed by atoms with van der Waals surface area (Å²) in [6, 6.07) is 12.1. The average molecular weight is 615 g/mol. The van der Waals surface area contributed by atoms with Crippen molar-refractivity contribution >= 4 is 47.0 Å². The molecule has 3 heterocycles. The Morgan fingerprint density at radius 2 is 1.74 bits per heavy atom. The van der Waals surface area contributed by atoms with Gasteiger partial charge in [0, 0.05) is 30.2 Å². The van der Waals surface area contributed by atoms with Gasteiger partial charge in [0.25, 0.3) is 5.91 Å². The quantitative estimate of drug-likeness (QED) is 0.441. The molecule has 5 rings (SSSR count). The molecular formula is C31H37Cl2N5O4. The largest absolute Gasteiger partial charge is 0.497 e. The second kappa shape index (κ2) is 12.6. The lowest BCUT2D eigenvalue weighted by atomic mass is 9.95. The minimum Gasteiger partial charge on any atom is -0.497 e. The second-order valence-corrected chi connectivity index (χ2v) is 12.5. The van der Waals surface area contributed by atoms with Crippen LogP contribution in [0.4, 0.5) is 10.5 Å². The molecule has 2 aromatic rings. The fourth-order valence-electron chi connectivity index (χ4n) is 5.38. The van der Waals surface area contributed by atoms with Gasteiger partial charge in [-0.15, -0.1) is 0 Å². The summed E-state index contributed by atoms with van der Waals surface area (Å²) in [5.74, 6) is 0.537. The Bertz CT molecular complexity index is 1400. The molecule has 0 bridgehead atoms. The molecule has 0 aliphatic carbocycles. The van der Waals surface area contributed by atoms with E-state index in [1.807, 2.05) is 67.2 Å². The lowest BCUT2D eigenvalue weighted by Gasteiger charge is -2.34. The van der Waals surface area contributed by atoms with E-state index in [2.05, 4.69) is 10.9 Å². The van der Waals surface area contributed by atoms with Gasteiger partial charge in [-0.1, -0.05) is 41.8 Å². The van der Waals surface area contributed by atoms with Crippen molar-refractivity contribution in [1.29, 1.82) is 0 Å². The third-order valence-electron chi connectivity index (χ3n) is 7.31. The number of nitrogens with one attached hydrogen (secondary N) is 2. The Balaban J connectivity index is 1.60. The number of piperidine rings is 1. The fraction of sp³-hybridized carbons (Fsp3) is 0.419. The summed E-state index contributed by atoms with van der Waals surface area (Å²) in [5.41, 5.74) is 9.72. The predicted octanol–water partition coefficient (Wildman–Crippen LogP) is 5.80. The van der Waals surface area contributed by atoms with Gasteiger partial charge in [0.05, 0.1) is 30.1 Å². The summed E-state index contributed by atoms with van der Waals surface area (Å²) < 4.78 is 11.1. The molecule has 0 saturated carbocycles. The van der Waals surface area contributed by atoms with Crippen molar-refractivity contribution in [3.8, 4) is 5.75 Å². The number of ether oxygens (including phenoxy) is 2. The van der Waals surface area contributed by atoms with Crippen LogP contribution in [0.15, 0.2) is 59.3 Å². The summed E-state index contributed by atoms with van der Waals surface area (Å²) in [6.07, 6.45) is 4.76. The zero-order valence-corrected chi connectivity index (χ0v) is 25.9. The van der Waals surface area contributed by atoms with Gasteiger partial charge in [-0.25, -0.2) is 15.2 Å². The summed E-state index contributed by atoms with van der Waals surface area (Å²) in [5, 5.41) is 4.74. The molecule has 0 radical (unpaired) electrons. The molecule has 2 amide bonds. The summed E-state index contributed by atoms with van der Waals surface area (Å²) in [6.45, 7) is 7.58. The molecule has 3 aliphatic rings. The van der Waals surface area contributed by atoms with E-state index in [-0.39, 0.29) is 19.0 Å². The Hall–Kier alpha value is -3.24. The number of carbonyl (C=O) groups is 2. The second-order valence-electron chi connectivity index (χ2n) is 11.7. The van der Waals surface area contributed by atoms with E-state index in [4.69, 9.17) is 32.7 Å². The molecule has 1 saturated heterocycles. The first-order valence-electron chi connectivity index (χ1n) is 14.1. The Labute approximate surface area is 257 Å². The van der Waals surface area contributed by atoms with Gasteiger partial charge in [0.2, 0.25) is 0 Å². The third kappa shape index (κ3) is 6.86. The number of nitrogens with zero attached hydrogens (tertiary/aromatic N) is 3. The summed E-state index contributed by atoms with van der Waals surface area (Å²) in [4.78, 5) is 28.8. The predicted molar refractivity (Wildman–Crippen MR) is 165 cm³/mol. The average Bonchev–Trinajstić information content (AvgIpc) is 3.33. The molecule has 0 spiro atoms. The molecule has 1 unspecified atom stereocenters. The molecule has 3 aliphatic heterocycles. The third-order valence-corrected chi connectivity index (χ3v) is 7.84. The van der Waals surface area contributed by atoms with Crippen LogP contribution in [0.3, 0.4) is 0 Å². The Kier molecular flexibility index (Phi) is 9.03. The maximum Gasteiger partial charge on any atom is 0.410 e. The zero-order chi connectivity index (χ0) is 30.0. The highest BCUT2D eigenvalue weighted by Gasteiger charge is 2.44. The minimum absolute atomic E-state index is 0.202. The van der Waals surface area contributed by atoms with Crippen molar-refractivity contribution in [2.24, 2.45) is 0 Å². The molecule has 11 heteroatoms. The minimum atomic E-state index is -0.752. The van der Waals surface area contributed by atoms with Crippen molar-refractivity contribution < 1.29 is 19.1 Å². The topological polar surface area (TPSA) is 86.4 Å². The van der Waals surface area contributed by atoms with Gasteiger partial charge in [0.1, 0.15) is 17.4 Å². The number of hydrogen-bond acceptors (Lipinski definition) is 7. The van der Waals surface area contributed by atoms with Gasteiger partial charge >= 0.3 is 6.09 Å². The van der Waals surface area contributed by atoms with Crippen molar-refractivity contribution in [2.75, 3.05) is 38.3 Å². The van der Waals surface area contributed by atoms with E-state index in [9.17, 15) is 9.59 Å². The number of rotatable bonds is 5. The van der Waals surface area contributed by atoms with Crippen LogP contribution in [0, 0.1) is 0 Å². The van der Waals surface area contributed by atoms with Crippen LogP contribution in [0.5, 0.6) is 5.75 Å². The molecule has 42 heavy (non-hydrogen) atoms. The molecule has 2 N–H and O–H groups in total. The summed E-state index contributed by atoms with van der Waals surface area (Å²) >= 11 is 12.9. The number of benzene rings is 2. The maximum absolute atomic E-state index is 13.8. The first-order chi connectivity index (χ1) is 20.0. The molecule has 1 fully saturated rings. The Morgan fingerprint density at radius 3 is 2.38 bits per heavy atom. The SMILES string of the molecule is COc1ccc(/C=C2\CN(C(=O)OC(C)(C)C)CC3=C2N(c2ccc(Cl)cc2Cl)NC3C(=O)NN2CCCCC2)cc1. The van der Waals surface area contributed by atoms with Gasteiger partial charge < -0.3 is 9.47 Å². The van der Waals surface area contributed by atoms with Crippen molar-refractivity contribution in [2.45, 2.75) is 51.7 Å². The van der Waals surface area contributed by atoms with Crippen molar-refractivity contribution in [3.63, 3.8) is 0 Å². The van der Waals surface area contributed by atoms with Gasteiger partial charge in [-0.05, 0) is 81.2 Å². The van der Waals surface area contributed by atoms with Crippen LogP contribution in [0.25, 0.3) is 6.08 Å². The van der Waals surface area contributed by atoms with Crippen molar-refractivity contribution in [3.05, 3.63) is 74.9 Å². The normalized spacial score (nSPS) is 20.5. The monoisotopic (exact) mass is 613 g/mol. The number of amides is 2. The number of carbonyl (C=O) groups excluding carboxylic acids is 2. The van der Waals surface area contributed by atoms with Crippen LogP contribution in [0.1, 0.15) is 45.6 Å². The van der Waals surface area contributed by atoms with Gasteiger partial charge in [-0.2, -0.15) is 0 Å². The van der Waals surface area contributed by atoms with Crippen LogP contribution < -0.4 is 20.6 Å². The van der Waals surface area contributed by atoms with Gasteiger partial charge in [-0.3, -0.25) is 20.1 Å². The van der Waals surface area contributed by atoms with Gasteiger partial charge in [0.15, 0.2) is 0 Å². The lowest BCUT2D eigenvalue weighted by molar-refractivity contribution is -0.127. The van der Waals surface area contributed by atoms with E-state index in [0.29, 0.717) is 15.7 Å². The fourth-order valence-corrected chi connectivity index (χ4v) is 5.87. The zero-order valence-electron chi connectivity index (χ0n) is 24.4. The smallest absolute Gasteiger partial charge is 0.410 e. The van der Waals surface area contributed by atoms with E-state index < -0.39 is 17.7 Å².